The number of hydrogen-bond donors (Lipinski definition) is 1. The van der Waals surface area contributed by atoms with Gasteiger partial charge in [-0.25, -0.2) is 0 Å². The van der Waals surface area contributed by atoms with Crippen LogP contribution in [0.15, 0.2) is 5.18 Å². The largest absolute Gasteiger partial charge is 0.381 e. The molecule has 5 fully saturated rings. The van der Waals surface area contributed by atoms with Gasteiger partial charge in [-0.15, -0.1) is 0 Å². The van der Waals surface area contributed by atoms with Crippen LogP contribution in [-0.2, 0) is 4.74 Å². The highest BCUT2D eigenvalue weighted by Gasteiger charge is 2.63. The van der Waals surface area contributed by atoms with E-state index in [4.69, 9.17) is 10.5 Å². The summed E-state index contributed by atoms with van der Waals surface area (Å²) in [6.07, 6.45) is 18.9. The summed E-state index contributed by atoms with van der Waals surface area (Å²) in [6.45, 7) is 9.95. The van der Waals surface area contributed by atoms with Gasteiger partial charge in [-0.2, -0.15) is 4.91 Å². The molecule has 0 aromatic heterocycles. The average Bonchev–Trinajstić information content (AvgIpc) is 3.16. The second kappa shape index (κ2) is 9.37. The SMILES string of the molecule is COC1CCC2(C)C3CCC4(C)C(CC(CC5CCC(C)(C)CC5)N=O)CCC4C3CCC2(N)C1. The van der Waals surface area contributed by atoms with Gasteiger partial charge in [-0.05, 0) is 142 Å². The molecule has 5 aliphatic rings. The third-order valence-corrected chi connectivity index (χ3v) is 13.2. The zero-order valence-corrected chi connectivity index (χ0v) is 23.5. The van der Waals surface area contributed by atoms with Crippen molar-refractivity contribution in [2.75, 3.05) is 7.11 Å². The number of rotatable bonds is 6. The standard InChI is InChI=1S/C31H54N2O2/c1-28(2)13-8-21(9-14-28)18-23(33-34)19-22-6-7-26-25-11-17-31(32)20-24(35-5)10-16-30(31,4)27(25)12-15-29(22,26)3/h21-27H,6-20,32H2,1-5H3. The van der Waals surface area contributed by atoms with Crippen molar-refractivity contribution in [1.82, 2.24) is 0 Å². The number of hydrogen-bond acceptors (Lipinski definition) is 4. The lowest BCUT2D eigenvalue weighted by Crippen LogP contribution is -2.67. The zero-order chi connectivity index (χ0) is 25.1. The Hall–Kier alpha value is -0.480. The normalized spacial score (nSPS) is 48.5. The lowest BCUT2D eigenvalue weighted by Gasteiger charge is -2.65. The summed E-state index contributed by atoms with van der Waals surface area (Å²) >= 11 is 0. The van der Waals surface area contributed by atoms with Gasteiger partial charge >= 0.3 is 0 Å². The van der Waals surface area contributed by atoms with Gasteiger partial charge in [-0.1, -0.05) is 32.9 Å². The quantitative estimate of drug-likeness (QED) is 0.388. The molecule has 0 bridgehead atoms. The minimum absolute atomic E-state index is 0.0318. The van der Waals surface area contributed by atoms with E-state index in [0.29, 0.717) is 28.8 Å². The molecule has 4 nitrogen and oxygen atoms in total. The van der Waals surface area contributed by atoms with Crippen LogP contribution in [0.5, 0.6) is 0 Å². The first-order valence-electron chi connectivity index (χ1n) is 15.2. The molecule has 0 aromatic carbocycles. The molecular formula is C31H54N2O2. The predicted octanol–water partition coefficient (Wildman–Crippen LogP) is 7.87. The van der Waals surface area contributed by atoms with Crippen LogP contribution < -0.4 is 5.73 Å². The van der Waals surface area contributed by atoms with E-state index in [-0.39, 0.29) is 17.0 Å². The lowest BCUT2D eigenvalue weighted by atomic mass is 9.42. The first-order valence-corrected chi connectivity index (χ1v) is 15.2. The fraction of sp³-hybridized carbons (Fsp3) is 1.00. The molecule has 9 unspecified atom stereocenters. The molecule has 0 saturated heterocycles. The van der Waals surface area contributed by atoms with Gasteiger partial charge in [0.05, 0.1) is 12.1 Å². The molecule has 0 aliphatic heterocycles. The summed E-state index contributed by atoms with van der Waals surface area (Å²) in [4.78, 5) is 12.0. The van der Waals surface area contributed by atoms with Crippen LogP contribution in [0, 0.1) is 50.7 Å². The minimum atomic E-state index is -0.0556. The van der Waals surface area contributed by atoms with Gasteiger partial charge in [-0.3, -0.25) is 0 Å². The molecule has 5 aliphatic carbocycles. The van der Waals surface area contributed by atoms with E-state index in [1.165, 1.54) is 70.6 Å². The van der Waals surface area contributed by atoms with Crippen LogP contribution in [0.3, 0.4) is 0 Å². The van der Waals surface area contributed by atoms with Crippen LogP contribution in [0.2, 0.25) is 0 Å². The van der Waals surface area contributed by atoms with E-state index in [0.717, 1.165) is 43.4 Å². The summed E-state index contributed by atoms with van der Waals surface area (Å²) in [7, 11) is 1.86. The van der Waals surface area contributed by atoms with Crippen LogP contribution in [0.4, 0.5) is 0 Å². The van der Waals surface area contributed by atoms with E-state index in [9.17, 15) is 4.91 Å². The minimum Gasteiger partial charge on any atom is -0.381 e. The van der Waals surface area contributed by atoms with Gasteiger partial charge in [0.2, 0.25) is 0 Å². The van der Waals surface area contributed by atoms with E-state index < -0.39 is 0 Å². The summed E-state index contributed by atoms with van der Waals surface area (Å²) in [5.74, 6) is 3.79. The van der Waals surface area contributed by atoms with E-state index in [1.54, 1.807) is 0 Å². The fourth-order valence-corrected chi connectivity index (χ4v) is 10.6. The maximum atomic E-state index is 12.0. The number of ether oxygens (including phenoxy) is 1. The summed E-state index contributed by atoms with van der Waals surface area (Å²) < 4.78 is 5.78. The topological polar surface area (TPSA) is 64.7 Å². The summed E-state index contributed by atoms with van der Waals surface area (Å²) in [5.41, 5.74) is 8.32. The molecule has 5 rings (SSSR count). The third-order valence-electron chi connectivity index (χ3n) is 13.2. The monoisotopic (exact) mass is 486 g/mol. The Morgan fingerprint density at radius 2 is 1.60 bits per heavy atom. The predicted molar refractivity (Wildman–Crippen MR) is 144 cm³/mol. The van der Waals surface area contributed by atoms with E-state index >= 15 is 0 Å². The Morgan fingerprint density at radius 3 is 2.29 bits per heavy atom. The van der Waals surface area contributed by atoms with Crippen LogP contribution in [-0.4, -0.2) is 24.8 Å². The number of nitroso groups, excluding NO2 is 1. The molecule has 200 valence electrons. The maximum absolute atomic E-state index is 12.0. The molecule has 5 saturated carbocycles. The number of fused-ring (bicyclic) bond motifs is 5. The van der Waals surface area contributed by atoms with Crippen molar-refractivity contribution in [2.24, 2.45) is 56.7 Å². The van der Waals surface area contributed by atoms with Crippen LogP contribution in [0.25, 0.3) is 0 Å². The van der Waals surface area contributed by atoms with Gasteiger partial charge < -0.3 is 10.5 Å². The second-order valence-electron chi connectivity index (χ2n) is 15.2. The molecule has 0 spiro atoms. The Kier molecular flexibility index (Phi) is 7.00. The smallest absolute Gasteiger partial charge is 0.0925 e. The fourth-order valence-electron chi connectivity index (χ4n) is 10.6. The van der Waals surface area contributed by atoms with Crippen molar-refractivity contribution in [3.63, 3.8) is 0 Å². The van der Waals surface area contributed by atoms with Gasteiger partial charge in [0.15, 0.2) is 0 Å². The zero-order valence-electron chi connectivity index (χ0n) is 23.5. The number of nitrogens with zero attached hydrogens (tertiary/aromatic N) is 1. The number of nitrogens with two attached hydrogens (primary N) is 1. The molecule has 2 N–H and O–H groups in total. The maximum Gasteiger partial charge on any atom is 0.0925 e. The summed E-state index contributed by atoms with van der Waals surface area (Å²) in [5, 5.41) is 3.74. The molecule has 9 atom stereocenters. The van der Waals surface area contributed by atoms with Gasteiger partial charge in [0, 0.05) is 12.6 Å². The average molecular weight is 487 g/mol. The number of methoxy groups -OCH3 is 1. The summed E-state index contributed by atoms with van der Waals surface area (Å²) in [6, 6.07) is 0.0318. The van der Waals surface area contributed by atoms with Crippen molar-refractivity contribution in [1.29, 1.82) is 0 Å². The molecule has 35 heavy (non-hydrogen) atoms. The Labute approximate surface area is 215 Å². The van der Waals surface area contributed by atoms with Crippen molar-refractivity contribution < 1.29 is 4.74 Å². The first kappa shape index (κ1) is 26.1. The molecular weight excluding hydrogens is 432 g/mol. The molecule has 0 heterocycles. The molecule has 0 aromatic rings. The highest BCUT2D eigenvalue weighted by molar-refractivity contribution is 5.16. The molecule has 0 amide bonds. The third kappa shape index (κ3) is 4.45. The van der Waals surface area contributed by atoms with Crippen LogP contribution in [0.1, 0.15) is 124 Å². The van der Waals surface area contributed by atoms with Crippen molar-refractivity contribution in [2.45, 2.75) is 142 Å². The molecule has 0 radical (unpaired) electrons. The van der Waals surface area contributed by atoms with Crippen molar-refractivity contribution in [3.05, 3.63) is 4.91 Å². The van der Waals surface area contributed by atoms with E-state index in [1.807, 2.05) is 7.11 Å². The lowest BCUT2D eigenvalue weighted by molar-refractivity contribution is -0.142. The van der Waals surface area contributed by atoms with E-state index in [2.05, 4.69) is 32.9 Å². The highest BCUT2D eigenvalue weighted by atomic mass is 16.5. The van der Waals surface area contributed by atoms with Crippen molar-refractivity contribution in [3.8, 4) is 0 Å². The Bertz CT molecular complexity index is 774. The first-order chi connectivity index (χ1) is 16.5. The Balaban J connectivity index is 1.25. The van der Waals surface area contributed by atoms with Crippen molar-refractivity contribution >= 4 is 0 Å². The Morgan fingerprint density at radius 1 is 0.857 bits per heavy atom. The molecule has 4 heteroatoms. The van der Waals surface area contributed by atoms with Gasteiger partial charge in [0.25, 0.3) is 0 Å². The van der Waals surface area contributed by atoms with Crippen LogP contribution >= 0.6 is 0 Å². The second-order valence-corrected chi connectivity index (χ2v) is 15.2. The highest BCUT2D eigenvalue weighted by Crippen LogP contribution is 2.68. The van der Waals surface area contributed by atoms with Gasteiger partial charge in [0.1, 0.15) is 0 Å².